The molecule has 1 aliphatic rings. The predicted octanol–water partition coefficient (Wildman–Crippen LogP) is 4.29. The summed E-state index contributed by atoms with van der Waals surface area (Å²) < 4.78 is 32.0. The van der Waals surface area contributed by atoms with Crippen molar-refractivity contribution in [1.82, 2.24) is 20.1 Å². The van der Waals surface area contributed by atoms with Gasteiger partial charge in [0.05, 0.1) is 23.5 Å². The molecule has 5 rings (SSSR count). The number of benzene rings is 2. The van der Waals surface area contributed by atoms with Crippen molar-refractivity contribution in [1.29, 1.82) is 0 Å². The molecule has 2 aromatic carbocycles. The lowest BCUT2D eigenvalue weighted by atomic mass is 9.94. The summed E-state index contributed by atoms with van der Waals surface area (Å²) in [6.45, 7) is 4.33. The van der Waals surface area contributed by atoms with Crippen molar-refractivity contribution >= 4 is 33.0 Å². The van der Waals surface area contributed by atoms with Crippen molar-refractivity contribution in [3.63, 3.8) is 0 Å². The van der Waals surface area contributed by atoms with Crippen LogP contribution in [0.2, 0.25) is 0 Å². The number of nitrogens with two attached hydrogens (primary N) is 1. The highest BCUT2D eigenvalue weighted by Crippen LogP contribution is 2.36. The number of hydrogen-bond donors (Lipinski definition) is 1. The van der Waals surface area contributed by atoms with Crippen molar-refractivity contribution in [3.05, 3.63) is 81.6 Å². The third kappa shape index (κ3) is 5.79. The van der Waals surface area contributed by atoms with E-state index >= 15 is 0 Å². The fourth-order valence-electron chi connectivity index (χ4n) is 4.86. The molecule has 2 atom stereocenters. The molecule has 1 saturated heterocycles. The van der Waals surface area contributed by atoms with Gasteiger partial charge in [0.15, 0.2) is 0 Å². The topological polar surface area (TPSA) is 136 Å². The fraction of sp³-hybridized carbons (Fsp3) is 0.357. The molecular formula is C28H32N6O4S2. The van der Waals surface area contributed by atoms with Gasteiger partial charge >= 0.3 is 0 Å². The maximum atomic E-state index is 13.9. The number of aromatic nitrogens is 3. The second-order valence-corrected chi connectivity index (χ2v) is 13.4. The van der Waals surface area contributed by atoms with Gasteiger partial charge in [0.1, 0.15) is 5.01 Å². The molecule has 0 saturated carbocycles. The van der Waals surface area contributed by atoms with Crippen LogP contribution < -0.4 is 10.0 Å². The first-order valence-corrected chi connectivity index (χ1v) is 15.6. The zero-order chi connectivity index (χ0) is 28.7. The first-order valence-electron chi connectivity index (χ1n) is 12.9. The molecule has 210 valence electrons. The highest BCUT2D eigenvalue weighted by Gasteiger charge is 2.34. The van der Waals surface area contributed by atoms with E-state index in [1.165, 1.54) is 7.05 Å². The summed E-state index contributed by atoms with van der Waals surface area (Å²) in [5.41, 5.74) is 8.63. The lowest BCUT2D eigenvalue weighted by Crippen LogP contribution is -2.35. The van der Waals surface area contributed by atoms with E-state index in [-0.39, 0.29) is 23.7 Å². The summed E-state index contributed by atoms with van der Waals surface area (Å²) in [6.07, 6.45) is 3.26. The molecule has 2 aromatic heterocycles. The van der Waals surface area contributed by atoms with E-state index in [2.05, 4.69) is 15.2 Å². The summed E-state index contributed by atoms with van der Waals surface area (Å²) in [5, 5.41) is 11.3. The van der Waals surface area contributed by atoms with Crippen molar-refractivity contribution in [2.24, 2.45) is 5.73 Å². The van der Waals surface area contributed by atoms with Gasteiger partial charge in [0.2, 0.25) is 21.8 Å². The van der Waals surface area contributed by atoms with Crippen molar-refractivity contribution in [3.8, 4) is 11.5 Å². The Balaban J connectivity index is 1.51. The zero-order valence-corrected chi connectivity index (χ0v) is 24.5. The third-order valence-electron chi connectivity index (χ3n) is 7.04. The Morgan fingerprint density at radius 1 is 1.23 bits per heavy atom. The Kier molecular flexibility index (Phi) is 7.51. The van der Waals surface area contributed by atoms with Crippen molar-refractivity contribution < 1.29 is 17.6 Å². The van der Waals surface area contributed by atoms with E-state index < -0.39 is 15.6 Å². The summed E-state index contributed by atoms with van der Waals surface area (Å²) in [7, 11) is -2.17. The molecule has 10 nitrogen and oxygen atoms in total. The number of anilines is 1. The molecule has 0 unspecified atom stereocenters. The van der Waals surface area contributed by atoms with Gasteiger partial charge in [-0.2, -0.15) is 0 Å². The Labute approximate surface area is 237 Å². The Morgan fingerprint density at radius 3 is 2.65 bits per heavy atom. The number of nitrogens with zero attached hydrogens (tertiary/aromatic N) is 5. The number of amides is 1. The molecule has 0 radical (unpaired) electrons. The van der Waals surface area contributed by atoms with Gasteiger partial charge < -0.3 is 15.1 Å². The first kappa shape index (κ1) is 27.9. The highest BCUT2D eigenvalue weighted by molar-refractivity contribution is 7.92. The molecule has 4 aromatic rings. The summed E-state index contributed by atoms with van der Waals surface area (Å²) in [4.78, 5) is 20.3. The molecule has 1 amide bonds. The van der Waals surface area contributed by atoms with Gasteiger partial charge in [0, 0.05) is 35.8 Å². The van der Waals surface area contributed by atoms with E-state index in [4.69, 9.17) is 10.2 Å². The predicted molar refractivity (Wildman–Crippen MR) is 155 cm³/mol. The van der Waals surface area contributed by atoms with Crippen LogP contribution in [0.15, 0.2) is 58.3 Å². The molecule has 1 fully saturated rings. The van der Waals surface area contributed by atoms with Crippen molar-refractivity contribution in [2.75, 3.05) is 24.2 Å². The lowest BCUT2D eigenvalue weighted by molar-refractivity contribution is 0.0735. The second-order valence-electron chi connectivity index (χ2n) is 10.5. The Bertz CT molecular complexity index is 1630. The average Bonchev–Trinajstić information content (AvgIpc) is 3.68. The zero-order valence-electron chi connectivity index (χ0n) is 22.9. The summed E-state index contributed by atoms with van der Waals surface area (Å²) in [5.74, 6) is 0.165. The molecule has 0 bridgehead atoms. The molecule has 3 heterocycles. The van der Waals surface area contributed by atoms with Crippen LogP contribution >= 0.6 is 11.3 Å². The van der Waals surface area contributed by atoms with Crippen LogP contribution in [0.5, 0.6) is 0 Å². The Hall–Kier alpha value is -3.61. The SMILES string of the molecule is Cc1csc([C@H]2CCCN2C(=O)c2cc(-c3nnc([C@@](C)(N)Cc4ccccc4)o3)cc(N(C)S(C)(=O)=O)c2)n1. The molecule has 40 heavy (non-hydrogen) atoms. The van der Waals surface area contributed by atoms with Gasteiger partial charge in [-0.15, -0.1) is 21.5 Å². The van der Waals surface area contributed by atoms with Crippen LogP contribution in [0.4, 0.5) is 5.69 Å². The molecule has 2 N–H and O–H groups in total. The molecule has 1 aliphatic heterocycles. The summed E-state index contributed by atoms with van der Waals surface area (Å²) >= 11 is 1.54. The maximum absolute atomic E-state index is 13.9. The molecule has 0 spiro atoms. The number of carbonyl (C=O) groups excluding carboxylic acids is 1. The quantitative estimate of drug-likeness (QED) is 0.326. The largest absolute Gasteiger partial charge is 0.419 e. The third-order valence-corrected chi connectivity index (χ3v) is 9.31. The minimum atomic E-state index is -3.61. The minimum absolute atomic E-state index is 0.128. The first-order chi connectivity index (χ1) is 18.9. The molecule has 12 heteroatoms. The number of sulfonamides is 1. The smallest absolute Gasteiger partial charge is 0.254 e. The number of rotatable bonds is 8. The monoisotopic (exact) mass is 580 g/mol. The van der Waals surface area contributed by atoms with Crippen LogP contribution in [0.1, 0.15) is 58.3 Å². The highest BCUT2D eigenvalue weighted by atomic mass is 32.2. The van der Waals surface area contributed by atoms with Crippen molar-refractivity contribution in [2.45, 2.75) is 44.7 Å². The van der Waals surface area contributed by atoms with Crippen LogP contribution in [-0.2, 0) is 22.0 Å². The van der Waals surface area contributed by atoms with E-state index in [1.807, 2.05) is 49.6 Å². The fourth-order valence-corrected chi connectivity index (χ4v) is 6.29. The molecule has 0 aliphatic carbocycles. The van der Waals surface area contributed by atoms with Gasteiger partial charge in [-0.1, -0.05) is 30.3 Å². The van der Waals surface area contributed by atoms with Crippen LogP contribution in [0.3, 0.4) is 0 Å². The van der Waals surface area contributed by atoms with Gasteiger partial charge in [0.25, 0.3) is 5.91 Å². The van der Waals surface area contributed by atoms with E-state index in [9.17, 15) is 13.2 Å². The van der Waals surface area contributed by atoms with E-state index in [0.29, 0.717) is 29.8 Å². The van der Waals surface area contributed by atoms with Gasteiger partial charge in [-0.05, 0) is 56.9 Å². The van der Waals surface area contributed by atoms with E-state index in [0.717, 1.165) is 39.7 Å². The van der Waals surface area contributed by atoms with Crippen LogP contribution in [-0.4, -0.2) is 54.3 Å². The van der Waals surface area contributed by atoms with E-state index in [1.54, 1.807) is 34.4 Å². The second kappa shape index (κ2) is 10.8. The maximum Gasteiger partial charge on any atom is 0.254 e. The number of aryl methyl sites for hydroxylation is 1. The summed E-state index contributed by atoms with van der Waals surface area (Å²) in [6, 6.07) is 14.5. The molecular weight excluding hydrogens is 548 g/mol. The lowest BCUT2D eigenvalue weighted by Gasteiger charge is -2.24. The Morgan fingerprint density at radius 2 is 1.98 bits per heavy atom. The van der Waals surface area contributed by atoms with Gasteiger partial charge in [-0.25, -0.2) is 13.4 Å². The number of carbonyl (C=O) groups is 1. The number of hydrogen-bond acceptors (Lipinski definition) is 9. The van der Waals surface area contributed by atoms with Crippen LogP contribution in [0.25, 0.3) is 11.5 Å². The average molecular weight is 581 g/mol. The number of thiazole rings is 1. The van der Waals surface area contributed by atoms with Gasteiger partial charge in [-0.3, -0.25) is 9.10 Å². The minimum Gasteiger partial charge on any atom is -0.419 e. The standard InChI is InChI=1S/C28H32N6O4S2/c1-18-17-39-25(30-18)23-11-8-12-34(23)26(35)21-13-20(14-22(15-21)33(3)40(4,36)37)24-31-32-27(38-24)28(2,29)16-19-9-6-5-7-10-19/h5-7,9-10,13-15,17,23H,8,11-12,16,29H2,1-4H3/t23-,28+/m1/s1. The normalized spacial score (nSPS) is 17.1. The van der Waals surface area contributed by atoms with Crippen LogP contribution in [0, 0.1) is 6.92 Å². The number of likely N-dealkylation sites (tertiary alicyclic amines) is 1.